The number of rotatable bonds is 4. The molecule has 0 aromatic heterocycles. The van der Waals surface area contributed by atoms with E-state index in [0.717, 1.165) is 16.9 Å². The van der Waals surface area contributed by atoms with E-state index < -0.39 is 0 Å². The Balaban J connectivity index is 2.64. The van der Waals surface area contributed by atoms with Crippen molar-refractivity contribution in [3.05, 3.63) is 29.8 Å². The molecule has 0 aliphatic heterocycles. The molecule has 2 nitrogen and oxygen atoms in total. The summed E-state index contributed by atoms with van der Waals surface area (Å²) >= 11 is 1.57. The first-order chi connectivity index (χ1) is 6.80. The lowest BCUT2D eigenvalue weighted by atomic mass is 10.2. The number of hydrogen-bond acceptors (Lipinski definition) is 3. The first kappa shape index (κ1) is 11.1. The minimum atomic E-state index is 0.0231. The van der Waals surface area contributed by atoms with Gasteiger partial charge in [-0.2, -0.15) is 5.26 Å². The van der Waals surface area contributed by atoms with Gasteiger partial charge >= 0.3 is 0 Å². The maximum absolute atomic E-state index is 8.84. The van der Waals surface area contributed by atoms with Crippen molar-refractivity contribution in [3.8, 4) is 6.07 Å². The lowest BCUT2D eigenvalue weighted by molar-refractivity contribution is 0.282. The van der Waals surface area contributed by atoms with Gasteiger partial charge in [-0.3, -0.25) is 0 Å². The van der Waals surface area contributed by atoms with E-state index in [9.17, 15) is 0 Å². The van der Waals surface area contributed by atoms with Crippen LogP contribution in [-0.2, 0) is 6.61 Å². The fourth-order valence-corrected chi connectivity index (χ4v) is 1.88. The Kier molecular flexibility index (Phi) is 4.51. The standard InChI is InChI=1S/C11H13NOS/c1-2-10(7-12)14-11-5-3-9(8-13)4-6-11/h3-6,10,13H,2,8H2,1H3. The Morgan fingerprint density at radius 3 is 2.50 bits per heavy atom. The summed E-state index contributed by atoms with van der Waals surface area (Å²) in [6.45, 7) is 2.07. The molecular weight excluding hydrogens is 194 g/mol. The lowest BCUT2D eigenvalue weighted by Crippen LogP contribution is -1.95. The number of nitriles is 1. The summed E-state index contributed by atoms with van der Waals surface area (Å²) in [6, 6.07) is 9.89. The topological polar surface area (TPSA) is 44.0 Å². The molecule has 14 heavy (non-hydrogen) atoms. The molecule has 1 atom stereocenters. The second-order valence-corrected chi connectivity index (χ2v) is 4.22. The summed E-state index contributed by atoms with van der Waals surface area (Å²) in [5.74, 6) is 0. The highest BCUT2D eigenvalue weighted by molar-refractivity contribution is 8.00. The smallest absolute Gasteiger partial charge is 0.0961 e. The van der Waals surface area contributed by atoms with Crippen LogP contribution in [-0.4, -0.2) is 10.4 Å². The zero-order valence-electron chi connectivity index (χ0n) is 8.10. The van der Waals surface area contributed by atoms with Gasteiger partial charge in [0.05, 0.1) is 17.9 Å². The molecule has 0 heterocycles. The van der Waals surface area contributed by atoms with Gasteiger partial charge in [-0.15, -0.1) is 11.8 Å². The predicted octanol–water partition coefficient (Wildman–Crippen LogP) is 2.57. The fourth-order valence-electron chi connectivity index (χ4n) is 1.04. The zero-order valence-corrected chi connectivity index (χ0v) is 8.92. The zero-order chi connectivity index (χ0) is 10.4. The monoisotopic (exact) mass is 207 g/mol. The number of thioether (sulfide) groups is 1. The summed E-state index contributed by atoms with van der Waals surface area (Å²) < 4.78 is 0. The second kappa shape index (κ2) is 5.69. The summed E-state index contributed by atoms with van der Waals surface area (Å²) in [7, 11) is 0. The quantitative estimate of drug-likeness (QED) is 0.772. The number of hydrogen-bond donors (Lipinski definition) is 1. The van der Waals surface area contributed by atoms with Gasteiger partial charge in [-0.05, 0) is 24.1 Å². The first-order valence-corrected chi connectivity index (χ1v) is 5.44. The van der Waals surface area contributed by atoms with Crippen LogP contribution >= 0.6 is 11.8 Å². The number of aliphatic hydroxyl groups is 1. The van der Waals surface area contributed by atoms with E-state index in [1.54, 1.807) is 11.8 Å². The SMILES string of the molecule is CCC(C#N)Sc1ccc(CO)cc1. The van der Waals surface area contributed by atoms with E-state index >= 15 is 0 Å². The number of nitrogens with zero attached hydrogens (tertiary/aromatic N) is 1. The van der Waals surface area contributed by atoms with Gasteiger partial charge in [0.15, 0.2) is 0 Å². The molecule has 0 spiro atoms. The number of aliphatic hydroxyl groups excluding tert-OH is 1. The third kappa shape index (κ3) is 3.06. The summed E-state index contributed by atoms with van der Waals surface area (Å²) in [4.78, 5) is 1.08. The molecule has 0 radical (unpaired) electrons. The molecule has 1 unspecified atom stereocenters. The van der Waals surface area contributed by atoms with Crippen molar-refractivity contribution < 1.29 is 5.11 Å². The maximum atomic E-state index is 8.84. The van der Waals surface area contributed by atoms with Crippen molar-refractivity contribution in [1.82, 2.24) is 0 Å². The largest absolute Gasteiger partial charge is 0.392 e. The van der Waals surface area contributed by atoms with Crippen molar-refractivity contribution in [2.75, 3.05) is 0 Å². The molecule has 0 aliphatic carbocycles. The molecule has 1 aromatic carbocycles. The van der Waals surface area contributed by atoms with Crippen LogP contribution in [0.4, 0.5) is 0 Å². The van der Waals surface area contributed by atoms with Gasteiger partial charge in [-0.25, -0.2) is 0 Å². The molecule has 1 N–H and O–H groups in total. The normalized spacial score (nSPS) is 12.1. The average Bonchev–Trinajstić information content (AvgIpc) is 2.26. The third-order valence-corrected chi connectivity index (χ3v) is 3.17. The summed E-state index contributed by atoms with van der Waals surface area (Å²) in [6.07, 6.45) is 0.850. The minimum absolute atomic E-state index is 0.0231. The Morgan fingerprint density at radius 2 is 2.07 bits per heavy atom. The highest BCUT2D eigenvalue weighted by Gasteiger charge is 2.05. The second-order valence-electron chi connectivity index (χ2n) is 2.95. The van der Waals surface area contributed by atoms with Gasteiger partial charge in [0, 0.05) is 4.90 Å². The summed E-state index contributed by atoms with van der Waals surface area (Å²) in [5, 5.41) is 17.6. The van der Waals surface area contributed by atoms with Gasteiger partial charge in [0.25, 0.3) is 0 Å². The van der Waals surface area contributed by atoms with Crippen LogP contribution in [0, 0.1) is 11.3 Å². The van der Waals surface area contributed by atoms with Crippen molar-refractivity contribution in [1.29, 1.82) is 5.26 Å². The van der Waals surface area contributed by atoms with Crippen LogP contribution in [0.25, 0.3) is 0 Å². The third-order valence-electron chi connectivity index (χ3n) is 1.90. The van der Waals surface area contributed by atoms with E-state index in [1.807, 2.05) is 31.2 Å². The molecule has 3 heteroatoms. The maximum Gasteiger partial charge on any atom is 0.0961 e. The molecule has 0 saturated heterocycles. The molecule has 0 bridgehead atoms. The molecule has 0 aliphatic rings. The van der Waals surface area contributed by atoms with E-state index in [1.165, 1.54) is 0 Å². The first-order valence-electron chi connectivity index (χ1n) is 4.56. The molecule has 1 aromatic rings. The van der Waals surface area contributed by atoms with Crippen LogP contribution in [0.3, 0.4) is 0 Å². The molecule has 1 rings (SSSR count). The Bertz CT molecular complexity index is 315. The Labute approximate surface area is 88.6 Å². The van der Waals surface area contributed by atoms with Gasteiger partial charge < -0.3 is 5.11 Å². The van der Waals surface area contributed by atoms with Crippen molar-refractivity contribution >= 4 is 11.8 Å². The van der Waals surface area contributed by atoms with E-state index in [0.29, 0.717) is 0 Å². The lowest BCUT2D eigenvalue weighted by Gasteiger charge is -2.05. The molecule has 0 amide bonds. The predicted molar refractivity (Wildman–Crippen MR) is 57.9 cm³/mol. The minimum Gasteiger partial charge on any atom is -0.392 e. The highest BCUT2D eigenvalue weighted by Crippen LogP contribution is 2.24. The molecule has 0 saturated carbocycles. The Morgan fingerprint density at radius 1 is 1.43 bits per heavy atom. The van der Waals surface area contributed by atoms with Crippen LogP contribution in [0.2, 0.25) is 0 Å². The van der Waals surface area contributed by atoms with Crippen molar-refractivity contribution in [2.45, 2.75) is 30.1 Å². The molecular formula is C11H13NOS. The molecule has 74 valence electrons. The van der Waals surface area contributed by atoms with Crippen LogP contribution in [0.15, 0.2) is 29.2 Å². The van der Waals surface area contributed by atoms with E-state index in [2.05, 4.69) is 6.07 Å². The van der Waals surface area contributed by atoms with Crippen molar-refractivity contribution in [3.63, 3.8) is 0 Å². The fraction of sp³-hybridized carbons (Fsp3) is 0.364. The van der Waals surface area contributed by atoms with E-state index in [4.69, 9.17) is 10.4 Å². The van der Waals surface area contributed by atoms with E-state index in [-0.39, 0.29) is 11.9 Å². The average molecular weight is 207 g/mol. The number of benzene rings is 1. The summed E-state index contributed by atoms with van der Waals surface area (Å²) in [5.41, 5.74) is 0.902. The van der Waals surface area contributed by atoms with Gasteiger partial charge in [0.2, 0.25) is 0 Å². The highest BCUT2D eigenvalue weighted by atomic mass is 32.2. The van der Waals surface area contributed by atoms with Gasteiger partial charge in [0.1, 0.15) is 0 Å². The van der Waals surface area contributed by atoms with Crippen LogP contribution in [0.5, 0.6) is 0 Å². The molecule has 0 fully saturated rings. The van der Waals surface area contributed by atoms with Crippen molar-refractivity contribution in [2.24, 2.45) is 0 Å². The van der Waals surface area contributed by atoms with Crippen LogP contribution < -0.4 is 0 Å². The van der Waals surface area contributed by atoms with Gasteiger partial charge in [-0.1, -0.05) is 19.1 Å². The Hall–Kier alpha value is -0.980. The van der Waals surface area contributed by atoms with Crippen LogP contribution in [0.1, 0.15) is 18.9 Å².